The second kappa shape index (κ2) is 11.7. The van der Waals surface area contributed by atoms with E-state index in [4.69, 9.17) is 11.2 Å². The molecule has 0 unspecified atom stereocenters. The van der Waals surface area contributed by atoms with Gasteiger partial charge in [-0.25, -0.2) is 8.78 Å². The van der Waals surface area contributed by atoms with Crippen LogP contribution >= 0.6 is 0 Å². The van der Waals surface area contributed by atoms with E-state index in [0.717, 1.165) is 29.6 Å². The Morgan fingerprint density at radius 2 is 1.18 bits per heavy atom. The van der Waals surface area contributed by atoms with Crippen molar-refractivity contribution in [3.05, 3.63) is 29.3 Å². The van der Waals surface area contributed by atoms with Crippen molar-refractivity contribution in [1.29, 1.82) is 0 Å². The van der Waals surface area contributed by atoms with Gasteiger partial charge in [0, 0.05) is 12.1 Å². The lowest BCUT2D eigenvalue weighted by molar-refractivity contribution is 0.0950. The van der Waals surface area contributed by atoms with E-state index in [0.29, 0.717) is 12.5 Å². The van der Waals surface area contributed by atoms with Crippen LogP contribution in [0, 0.1) is 59.5 Å². The second-order valence-electron chi connectivity index (χ2n) is 11.2. The van der Waals surface area contributed by atoms with E-state index >= 15 is 0 Å². The first-order valence-electron chi connectivity index (χ1n) is 13.7. The molecule has 0 amide bonds. The van der Waals surface area contributed by atoms with Gasteiger partial charge in [-0.15, -0.1) is 6.42 Å². The molecule has 1 aromatic carbocycles. The van der Waals surface area contributed by atoms with Crippen molar-refractivity contribution < 1.29 is 13.5 Å². The van der Waals surface area contributed by atoms with Crippen LogP contribution in [0.3, 0.4) is 0 Å². The third-order valence-electron chi connectivity index (χ3n) is 9.28. The van der Waals surface area contributed by atoms with E-state index in [1.165, 1.54) is 102 Å². The van der Waals surface area contributed by atoms with Crippen molar-refractivity contribution in [2.45, 2.75) is 96.8 Å². The molecular formula is C30H42F2O. The minimum Gasteiger partial charge on any atom is -0.493 e. The summed E-state index contributed by atoms with van der Waals surface area (Å²) in [6.45, 7) is 2.86. The lowest BCUT2D eigenvalue weighted by atomic mass is 9.65. The molecule has 0 heterocycles. The summed E-state index contributed by atoms with van der Waals surface area (Å²) in [7, 11) is 0. The Balaban J connectivity index is 1.16. The average molecular weight is 457 g/mol. The van der Waals surface area contributed by atoms with Crippen molar-refractivity contribution in [3.63, 3.8) is 0 Å². The summed E-state index contributed by atoms with van der Waals surface area (Å²) in [5.74, 6) is 6.14. The molecular weight excluding hydrogens is 414 g/mol. The van der Waals surface area contributed by atoms with E-state index < -0.39 is 11.6 Å². The molecule has 3 aliphatic rings. The number of terminal acetylenes is 1. The first kappa shape index (κ1) is 24.6. The molecule has 3 fully saturated rings. The predicted octanol–water partition coefficient (Wildman–Crippen LogP) is 8.54. The van der Waals surface area contributed by atoms with Gasteiger partial charge < -0.3 is 4.74 Å². The molecule has 0 aliphatic heterocycles. The van der Waals surface area contributed by atoms with Crippen LogP contribution in [0.2, 0.25) is 0 Å². The number of halogens is 2. The van der Waals surface area contributed by atoms with Crippen molar-refractivity contribution in [3.8, 4) is 18.1 Å². The topological polar surface area (TPSA) is 9.23 Å². The molecule has 182 valence electrons. The molecule has 0 radical (unpaired) electrons. The van der Waals surface area contributed by atoms with Gasteiger partial charge in [0.05, 0.1) is 12.2 Å². The standard InChI is InChI=1S/C30H42F2O/c1-3-5-21-6-10-23(11-7-21)25-14-16-26(17-15-25)24-12-8-22(9-13-24)20-33-27-18-29(31)28(4-2)30(32)19-27/h2,18-19,21-26H,3,5-17,20H2,1H3. The summed E-state index contributed by atoms with van der Waals surface area (Å²) >= 11 is 0. The second-order valence-corrected chi connectivity index (χ2v) is 11.2. The normalized spacial score (nSPS) is 32.8. The minimum absolute atomic E-state index is 0.244. The van der Waals surface area contributed by atoms with Crippen molar-refractivity contribution >= 4 is 0 Å². The monoisotopic (exact) mass is 456 g/mol. The van der Waals surface area contributed by atoms with Gasteiger partial charge in [-0.1, -0.05) is 38.5 Å². The average Bonchev–Trinajstić information content (AvgIpc) is 2.84. The maximum Gasteiger partial charge on any atom is 0.145 e. The van der Waals surface area contributed by atoms with E-state index in [-0.39, 0.29) is 11.3 Å². The summed E-state index contributed by atoms with van der Waals surface area (Å²) < 4.78 is 33.5. The molecule has 3 aliphatic carbocycles. The maximum absolute atomic E-state index is 13.9. The largest absolute Gasteiger partial charge is 0.493 e. The zero-order valence-electron chi connectivity index (χ0n) is 20.5. The van der Waals surface area contributed by atoms with Crippen LogP contribution in [0.25, 0.3) is 0 Å². The Morgan fingerprint density at radius 1 is 0.758 bits per heavy atom. The van der Waals surface area contributed by atoms with Crippen LogP contribution in [-0.4, -0.2) is 6.61 Å². The maximum atomic E-state index is 13.9. The summed E-state index contributed by atoms with van der Waals surface area (Å²) in [5.41, 5.74) is -0.318. The molecule has 4 rings (SSSR count). The molecule has 0 N–H and O–H groups in total. The quantitative estimate of drug-likeness (QED) is 0.373. The zero-order chi connectivity index (χ0) is 23.2. The highest BCUT2D eigenvalue weighted by Gasteiger charge is 2.34. The van der Waals surface area contributed by atoms with Gasteiger partial charge in [-0.3, -0.25) is 0 Å². The number of hydrogen-bond acceptors (Lipinski definition) is 1. The van der Waals surface area contributed by atoms with Gasteiger partial charge in [0.15, 0.2) is 0 Å². The minimum atomic E-state index is -0.721. The summed E-state index contributed by atoms with van der Waals surface area (Å²) in [6.07, 6.45) is 24.6. The van der Waals surface area contributed by atoms with Crippen LogP contribution in [0.15, 0.2) is 12.1 Å². The molecule has 0 bridgehead atoms. The first-order chi connectivity index (χ1) is 16.1. The fourth-order valence-corrected chi connectivity index (χ4v) is 7.26. The van der Waals surface area contributed by atoms with Gasteiger partial charge in [0.2, 0.25) is 0 Å². The lowest BCUT2D eigenvalue weighted by Crippen LogP contribution is -2.30. The van der Waals surface area contributed by atoms with Crippen LogP contribution in [-0.2, 0) is 0 Å². The summed E-state index contributed by atoms with van der Waals surface area (Å²) in [6, 6.07) is 2.41. The molecule has 1 aromatic rings. The third-order valence-corrected chi connectivity index (χ3v) is 9.28. The highest BCUT2D eigenvalue weighted by molar-refractivity contribution is 5.39. The van der Waals surface area contributed by atoms with Crippen molar-refractivity contribution in [2.75, 3.05) is 6.61 Å². The predicted molar refractivity (Wildman–Crippen MR) is 131 cm³/mol. The van der Waals surface area contributed by atoms with Gasteiger partial charge in [0.25, 0.3) is 0 Å². The Bertz CT molecular complexity index is 765. The van der Waals surface area contributed by atoms with Crippen LogP contribution in [0.5, 0.6) is 5.75 Å². The van der Waals surface area contributed by atoms with Crippen LogP contribution < -0.4 is 4.74 Å². The van der Waals surface area contributed by atoms with Crippen molar-refractivity contribution in [2.24, 2.45) is 35.5 Å². The lowest BCUT2D eigenvalue weighted by Gasteiger charge is -2.41. The Hall–Kier alpha value is -1.56. The summed E-state index contributed by atoms with van der Waals surface area (Å²) in [5, 5.41) is 0. The first-order valence-corrected chi connectivity index (χ1v) is 13.7. The van der Waals surface area contributed by atoms with E-state index in [2.05, 4.69) is 12.8 Å². The Morgan fingerprint density at radius 3 is 1.61 bits per heavy atom. The van der Waals surface area contributed by atoms with Gasteiger partial charge in [-0.05, 0) is 99.7 Å². The fraction of sp³-hybridized carbons (Fsp3) is 0.733. The van der Waals surface area contributed by atoms with Crippen molar-refractivity contribution in [1.82, 2.24) is 0 Å². The molecule has 1 nitrogen and oxygen atoms in total. The molecule has 0 atom stereocenters. The number of hydrogen-bond donors (Lipinski definition) is 0. The molecule has 0 saturated heterocycles. The highest BCUT2D eigenvalue weighted by atomic mass is 19.1. The van der Waals surface area contributed by atoms with Crippen LogP contribution in [0.4, 0.5) is 8.78 Å². The third kappa shape index (κ3) is 6.32. The Kier molecular flexibility index (Phi) is 8.72. The number of benzene rings is 1. The van der Waals surface area contributed by atoms with Gasteiger partial charge >= 0.3 is 0 Å². The molecule has 3 heteroatoms. The van der Waals surface area contributed by atoms with E-state index in [9.17, 15) is 8.78 Å². The smallest absolute Gasteiger partial charge is 0.145 e. The molecule has 0 spiro atoms. The molecule has 0 aromatic heterocycles. The Labute approximate surface area is 200 Å². The van der Waals surface area contributed by atoms with Gasteiger partial charge in [-0.2, -0.15) is 0 Å². The van der Waals surface area contributed by atoms with E-state index in [1.807, 2.05) is 0 Å². The SMILES string of the molecule is C#Cc1c(F)cc(OCC2CCC(C3CCC(C4CCC(CCC)CC4)CC3)CC2)cc1F. The summed E-state index contributed by atoms with van der Waals surface area (Å²) in [4.78, 5) is 0. The number of rotatable bonds is 7. The highest BCUT2D eigenvalue weighted by Crippen LogP contribution is 2.46. The number of ether oxygens (including phenoxy) is 1. The molecule has 3 saturated carbocycles. The zero-order valence-corrected chi connectivity index (χ0v) is 20.5. The molecule has 33 heavy (non-hydrogen) atoms. The van der Waals surface area contributed by atoms with E-state index in [1.54, 1.807) is 0 Å². The van der Waals surface area contributed by atoms with Crippen LogP contribution in [0.1, 0.15) is 102 Å². The fourth-order valence-electron chi connectivity index (χ4n) is 7.26. The van der Waals surface area contributed by atoms with Gasteiger partial charge in [0.1, 0.15) is 17.4 Å².